The van der Waals surface area contributed by atoms with E-state index in [9.17, 15) is 4.79 Å². The van der Waals surface area contributed by atoms with E-state index in [4.69, 9.17) is 5.73 Å². The van der Waals surface area contributed by atoms with E-state index in [0.29, 0.717) is 5.92 Å². The summed E-state index contributed by atoms with van der Waals surface area (Å²) in [6.07, 6.45) is 1.02. The van der Waals surface area contributed by atoms with Crippen molar-refractivity contribution in [1.29, 1.82) is 0 Å². The van der Waals surface area contributed by atoms with Crippen LogP contribution in [0, 0.1) is 11.8 Å². The molecule has 0 spiro atoms. The van der Waals surface area contributed by atoms with E-state index in [1.807, 2.05) is 31.2 Å². The van der Waals surface area contributed by atoms with Crippen molar-refractivity contribution in [3.63, 3.8) is 0 Å². The highest BCUT2D eigenvalue weighted by Gasteiger charge is 2.39. The first-order valence-electron chi connectivity index (χ1n) is 5.73. The van der Waals surface area contributed by atoms with Gasteiger partial charge in [-0.1, -0.05) is 19.1 Å². The first-order valence-corrected chi connectivity index (χ1v) is 5.73. The molecule has 2 rings (SSSR count). The fraction of sp³-hybridized carbons (Fsp3) is 0.462. The Hall–Kier alpha value is -1.51. The summed E-state index contributed by atoms with van der Waals surface area (Å²) in [5, 5.41) is 3.02. The fourth-order valence-electron chi connectivity index (χ4n) is 1.92. The van der Waals surface area contributed by atoms with Gasteiger partial charge in [-0.05, 0) is 37.0 Å². The average molecular weight is 218 g/mol. The van der Waals surface area contributed by atoms with Crippen molar-refractivity contribution in [3.05, 3.63) is 29.8 Å². The highest BCUT2D eigenvalue weighted by Crippen LogP contribution is 2.38. The predicted molar refractivity (Wildman–Crippen MR) is 64.7 cm³/mol. The number of nitrogens with one attached hydrogen (secondary N) is 1. The number of nitrogens with two attached hydrogens (primary N) is 1. The van der Waals surface area contributed by atoms with Crippen molar-refractivity contribution in [2.75, 3.05) is 5.73 Å². The van der Waals surface area contributed by atoms with Crippen LogP contribution in [-0.4, -0.2) is 5.91 Å². The molecule has 3 heteroatoms. The molecular formula is C13H18N2O. The molecule has 0 heterocycles. The van der Waals surface area contributed by atoms with Crippen LogP contribution in [0.2, 0.25) is 0 Å². The Morgan fingerprint density at radius 1 is 1.56 bits per heavy atom. The summed E-state index contributed by atoms with van der Waals surface area (Å²) in [7, 11) is 0. The van der Waals surface area contributed by atoms with Gasteiger partial charge in [0.2, 0.25) is 5.91 Å². The Morgan fingerprint density at radius 3 is 2.81 bits per heavy atom. The van der Waals surface area contributed by atoms with Gasteiger partial charge in [0, 0.05) is 11.6 Å². The number of carbonyl (C=O) groups excluding carboxylic acids is 1. The van der Waals surface area contributed by atoms with Gasteiger partial charge in [0.1, 0.15) is 0 Å². The van der Waals surface area contributed by atoms with E-state index < -0.39 is 0 Å². The molecule has 1 saturated carbocycles. The van der Waals surface area contributed by atoms with Crippen LogP contribution in [0.15, 0.2) is 24.3 Å². The third kappa shape index (κ3) is 2.35. The van der Waals surface area contributed by atoms with E-state index >= 15 is 0 Å². The van der Waals surface area contributed by atoms with Gasteiger partial charge in [-0.2, -0.15) is 0 Å². The van der Waals surface area contributed by atoms with Crippen molar-refractivity contribution in [1.82, 2.24) is 5.32 Å². The van der Waals surface area contributed by atoms with Crippen LogP contribution < -0.4 is 11.1 Å². The lowest BCUT2D eigenvalue weighted by molar-refractivity contribution is -0.123. The molecule has 1 aliphatic carbocycles. The molecule has 0 radical (unpaired) electrons. The fourth-order valence-corrected chi connectivity index (χ4v) is 1.92. The summed E-state index contributed by atoms with van der Waals surface area (Å²) < 4.78 is 0. The Morgan fingerprint density at radius 2 is 2.25 bits per heavy atom. The minimum atomic E-state index is 0.0313. The Labute approximate surface area is 96.0 Å². The van der Waals surface area contributed by atoms with E-state index in [2.05, 4.69) is 12.2 Å². The number of benzene rings is 1. The van der Waals surface area contributed by atoms with Crippen molar-refractivity contribution in [2.45, 2.75) is 26.3 Å². The molecule has 3 N–H and O–H groups in total. The number of hydrogen-bond acceptors (Lipinski definition) is 2. The van der Waals surface area contributed by atoms with Gasteiger partial charge < -0.3 is 11.1 Å². The Balaban J connectivity index is 1.97. The Kier molecular flexibility index (Phi) is 2.86. The number of amides is 1. The number of hydrogen-bond donors (Lipinski definition) is 2. The lowest BCUT2D eigenvalue weighted by atomic mass is 10.1. The predicted octanol–water partition coefficient (Wildman–Crippen LogP) is 2.10. The molecule has 3 unspecified atom stereocenters. The minimum absolute atomic E-state index is 0.0313. The van der Waals surface area contributed by atoms with E-state index in [1.165, 1.54) is 0 Å². The topological polar surface area (TPSA) is 55.1 Å². The van der Waals surface area contributed by atoms with Gasteiger partial charge in [-0.3, -0.25) is 4.79 Å². The zero-order valence-corrected chi connectivity index (χ0v) is 9.73. The van der Waals surface area contributed by atoms with Crippen molar-refractivity contribution in [2.24, 2.45) is 11.8 Å². The summed E-state index contributed by atoms with van der Waals surface area (Å²) in [5.41, 5.74) is 7.50. The SMILES string of the molecule is CC(NC(=O)C1CC1C)c1cccc(N)c1. The quantitative estimate of drug-likeness (QED) is 0.763. The number of nitrogen functional groups attached to an aromatic ring is 1. The van der Waals surface area contributed by atoms with Crippen LogP contribution >= 0.6 is 0 Å². The first kappa shape index (κ1) is 11.0. The van der Waals surface area contributed by atoms with Crippen LogP contribution in [-0.2, 0) is 4.79 Å². The number of carbonyl (C=O) groups is 1. The first-order chi connectivity index (χ1) is 7.58. The smallest absolute Gasteiger partial charge is 0.223 e. The molecular weight excluding hydrogens is 200 g/mol. The number of anilines is 1. The lowest BCUT2D eigenvalue weighted by Crippen LogP contribution is -2.28. The normalized spacial score (nSPS) is 24.9. The monoisotopic (exact) mass is 218 g/mol. The number of rotatable bonds is 3. The van der Waals surface area contributed by atoms with Crippen LogP contribution in [0.5, 0.6) is 0 Å². The second-order valence-corrected chi connectivity index (χ2v) is 4.72. The molecule has 0 bridgehead atoms. The summed E-state index contributed by atoms with van der Waals surface area (Å²) >= 11 is 0. The van der Waals surface area contributed by atoms with Gasteiger partial charge in [0.05, 0.1) is 6.04 Å². The summed E-state index contributed by atoms with van der Waals surface area (Å²) in [6.45, 7) is 4.09. The largest absolute Gasteiger partial charge is 0.399 e. The molecule has 0 saturated heterocycles. The minimum Gasteiger partial charge on any atom is -0.399 e. The van der Waals surface area contributed by atoms with Gasteiger partial charge in [-0.15, -0.1) is 0 Å². The molecule has 1 aromatic carbocycles. The molecule has 0 aliphatic heterocycles. The molecule has 3 nitrogen and oxygen atoms in total. The summed E-state index contributed by atoms with van der Waals surface area (Å²) in [6, 6.07) is 7.68. The maximum atomic E-state index is 11.7. The molecule has 1 fully saturated rings. The second-order valence-electron chi connectivity index (χ2n) is 4.72. The Bertz CT molecular complexity index is 403. The third-order valence-corrected chi connectivity index (χ3v) is 3.22. The van der Waals surface area contributed by atoms with Crippen LogP contribution in [0.4, 0.5) is 5.69 Å². The zero-order chi connectivity index (χ0) is 11.7. The summed E-state index contributed by atoms with van der Waals surface area (Å²) in [4.78, 5) is 11.7. The second kappa shape index (κ2) is 4.16. The molecule has 86 valence electrons. The molecule has 1 amide bonds. The van der Waals surface area contributed by atoms with Gasteiger partial charge in [-0.25, -0.2) is 0 Å². The van der Waals surface area contributed by atoms with Crippen molar-refractivity contribution >= 4 is 11.6 Å². The molecule has 3 atom stereocenters. The third-order valence-electron chi connectivity index (χ3n) is 3.22. The lowest BCUT2D eigenvalue weighted by Gasteiger charge is -2.14. The van der Waals surface area contributed by atoms with Crippen LogP contribution in [0.1, 0.15) is 31.9 Å². The van der Waals surface area contributed by atoms with Gasteiger partial charge in [0.25, 0.3) is 0 Å². The van der Waals surface area contributed by atoms with E-state index in [0.717, 1.165) is 17.7 Å². The summed E-state index contributed by atoms with van der Waals surface area (Å²) in [5.74, 6) is 0.943. The average Bonchev–Trinajstić information content (AvgIpc) is 2.95. The van der Waals surface area contributed by atoms with Gasteiger partial charge in [0.15, 0.2) is 0 Å². The maximum Gasteiger partial charge on any atom is 0.223 e. The molecule has 1 aliphatic rings. The van der Waals surface area contributed by atoms with Crippen LogP contribution in [0.3, 0.4) is 0 Å². The van der Waals surface area contributed by atoms with Gasteiger partial charge >= 0.3 is 0 Å². The highest BCUT2D eigenvalue weighted by atomic mass is 16.2. The van der Waals surface area contributed by atoms with Crippen LogP contribution in [0.25, 0.3) is 0 Å². The van der Waals surface area contributed by atoms with E-state index in [1.54, 1.807) is 0 Å². The molecule has 0 aromatic heterocycles. The maximum absolute atomic E-state index is 11.7. The van der Waals surface area contributed by atoms with E-state index in [-0.39, 0.29) is 17.9 Å². The van der Waals surface area contributed by atoms with Crippen molar-refractivity contribution in [3.8, 4) is 0 Å². The standard InChI is InChI=1S/C13H18N2O/c1-8-6-12(8)13(16)15-9(2)10-4-3-5-11(14)7-10/h3-5,7-9,12H,6,14H2,1-2H3,(H,15,16). The molecule has 16 heavy (non-hydrogen) atoms. The zero-order valence-electron chi connectivity index (χ0n) is 9.73. The molecule has 1 aromatic rings. The highest BCUT2D eigenvalue weighted by molar-refractivity contribution is 5.81. The van der Waals surface area contributed by atoms with Crippen molar-refractivity contribution < 1.29 is 4.79 Å².